The molecule has 1 atom stereocenters. The maximum Gasteiger partial charge on any atom is 0.271 e. The van der Waals surface area contributed by atoms with Crippen LogP contribution in [0.4, 0.5) is 5.69 Å². The van der Waals surface area contributed by atoms with Crippen LogP contribution in [0.1, 0.15) is 35.9 Å². The molecular weight excluding hydrogens is 248 g/mol. The molecule has 0 bridgehead atoms. The molecule has 5 nitrogen and oxygen atoms in total. The second kappa shape index (κ2) is 5.65. The van der Waals surface area contributed by atoms with Crippen molar-refractivity contribution in [3.05, 3.63) is 11.4 Å². The fraction of sp³-hybridized carbons (Fsp3) is 0.667. The molecule has 100 valence electrons. The van der Waals surface area contributed by atoms with Gasteiger partial charge < -0.3 is 11.1 Å². The van der Waals surface area contributed by atoms with Gasteiger partial charge in [-0.25, -0.2) is 0 Å². The normalized spacial score (nSPS) is 19.1. The number of carbonyl (C=O) groups excluding carboxylic acids is 1. The Hall–Kier alpha value is -1.17. The zero-order valence-corrected chi connectivity index (χ0v) is 11.7. The monoisotopic (exact) mass is 268 g/mol. The van der Waals surface area contributed by atoms with E-state index in [0.717, 1.165) is 18.7 Å². The van der Waals surface area contributed by atoms with Gasteiger partial charge in [-0.05, 0) is 25.0 Å². The Labute approximate surface area is 111 Å². The minimum atomic E-state index is -0.116. The van der Waals surface area contributed by atoms with Gasteiger partial charge in [-0.1, -0.05) is 6.92 Å². The van der Waals surface area contributed by atoms with Crippen LogP contribution in [0.5, 0.6) is 0 Å². The number of thioether (sulfide) groups is 1. The molecule has 1 aliphatic heterocycles. The van der Waals surface area contributed by atoms with Crippen molar-refractivity contribution in [3.63, 3.8) is 0 Å². The number of nitrogens with zero attached hydrogens (tertiary/aromatic N) is 2. The van der Waals surface area contributed by atoms with Gasteiger partial charge in [0.1, 0.15) is 5.69 Å². The van der Waals surface area contributed by atoms with Crippen molar-refractivity contribution < 1.29 is 4.79 Å². The average molecular weight is 268 g/mol. The van der Waals surface area contributed by atoms with Crippen LogP contribution in [0, 0.1) is 0 Å². The third-order valence-electron chi connectivity index (χ3n) is 3.22. The van der Waals surface area contributed by atoms with E-state index < -0.39 is 0 Å². The molecule has 18 heavy (non-hydrogen) atoms. The number of aromatic nitrogens is 2. The lowest BCUT2D eigenvalue weighted by atomic mass is 10.2. The van der Waals surface area contributed by atoms with Crippen LogP contribution in [0.25, 0.3) is 0 Å². The van der Waals surface area contributed by atoms with Crippen LogP contribution >= 0.6 is 11.8 Å². The van der Waals surface area contributed by atoms with Gasteiger partial charge in [0, 0.05) is 18.8 Å². The molecule has 0 saturated carbocycles. The van der Waals surface area contributed by atoms with Gasteiger partial charge in [0.25, 0.3) is 5.91 Å². The van der Waals surface area contributed by atoms with Crippen molar-refractivity contribution in [1.29, 1.82) is 0 Å². The van der Waals surface area contributed by atoms with Crippen molar-refractivity contribution in [3.8, 4) is 0 Å². The lowest BCUT2D eigenvalue weighted by Crippen LogP contribution is -2.31. The Kier molecular flexibility index (Phi) is 4.16. The molecule has 1 amide bonds. The van der Waals surface area contributed by atoms with Gasteiger partial charge in [-0.2, -0.15) is 16.9 Å². The second-order valence-electron chi connectivity index (χ2n) is 4.53. The summed E-state index contributed by atoms with van der Waals surface area (Å²) in [5.41, 5.74) is 7.73. The van der Waals surface area contributed by atoms with Crippen LogP contribution in [-0.2, 0) is 13.5 Å². The molecule has 2 rings (SSSR count). The molecule has 2 heterocycles. The number of carbonyl (C=O) groups is 1. The number of nitrogen functional groups attached to an aromatic ring is 1. The summed E-state index contributed by atoms with van der Waals surface area (Å²) < 4.78 is 1.57. The summed E-state index contributed by atoms with van der Waals surface area (Å²) in [6.45, 7) is 2.70. The van der Waals surface area contributed by atoms with Gasteiger partial charge in [-0.3, -0.25) is 9.48 Å². The summed E-state index contributed by atoms with van der Waals surface area (Å²) in [7, 11) is 1.76. The molecule has 0 spiro atoms. The second-order valence-corrected chi connectivity index (χ2v) is 5.94. The summed E-state index contributed by atoms with van der Waals surface area (Å²) in [5, 5.41) is 7.76. The van der Waals surface area contributed by atoms with Crippen molar-refractivity contribution in [2.24, 2.45) is 7.05 Å². The molecule has 1 saturated heterocycles. The lowest BCUT2D eigenvalue weighted by molar-refractivity contribution is 0.0945. The molecule has 0 aliphatic carbocycles. The Balaban J connectivity index is 2.01. The summed E-state index contributed by atoms with van der Waals surface area (Å²) in [6, 6.07) is 0. The third-order valence-corrected chi connectivity index (χ3v) is 4.62. The fourth-order valence-electron chi connectivity index (χ4n) is 2.22. The SMILES string of the molecule is CCc1nn(C)c(C(=O)NCC2CCCS2)c1N. The third kappa shape index (κ3) is 2.63. The standard InChI is InChI=1S/C12H20N4OS/c1-3-9-10(13)11(16(2)15-9)12(17)14-7-8-5-4-6-18-8/h8H,3-7,13H2,1-2H3,(H,14,17). The highest BCUT2D eigenvalue weighted by Gasteiger charge is 2.21. The largest absolute Gasteiger partial charge is 0.395 e. The van der Waals surface area contributed by atoms with Crippen LogP contribution in [0.15, 0.2) is 0 Å². The molecule has 1 fully saturated rings. The van der Waals surface area contributed by atoms with Crippen molar-refractivity contribution >= 4 is 23.4 Å². The van der Waals surface area contributed by atoms with Gasteiger partial charge in [0.15, 0.2) is 0 Å². The molecule has 3 N–H and O–H groups in total. The number of amides is 1. The van der Waals surface area contributed by atoms with E-state index in [1.54, 1.807) is 11.7 Å². The van der Waals surface area contributed by atoms with E-state index in [0.29, 0.717) is 16.6 Å². The van der Waals surface area contributed by atoms with Gasteiger partial charge >= 0.3 is 0 Å². The smallest absolute Gasteiger partial charge is 0.271 e. The van der Waals surface area contributed by atoms with Crippen LogP contribution < -0.4 is 11.1 Å². The van der Waals surface area contributed by atoms with E-state index >= 15 is 0 Å². The van der Waals surface area contributed by atoms with E-state index in [2.05, 4.69) is 10.4 Å². The Morgan fingerprint density at radius 1 is 1.67 bits per heavy atom. The number of nitrogens with two attached hydrogens (primary N) is 1. The van der Waals surface area contributed by atoms with Crippen LogP contribution in [0.2, 0.25) is 0 Å². The molecule has 1 aromatic heterocycles. The predicted octanol–water partition coefficient (Wildman–Crippen LogP) is 1.19. The number of hydrogen-bond acceptors (Lipinski definition) is 4. The molecule has 6 heteroatoms. The lowest BCUT2D eigenvalue weighted by Gasteiger charge is -2.10. The summed E-state index contributed by atoms with van der Waals surface area (Å²) in [6.07, 6.45) is 3.18. The van der Waals surface area contributed by atoms with E-state index in [1.165, 1.54) is 18.6 Å². The van der Waals surface area contributed by atoms with E-state index in [4.69, 9.17) is 5.73 Å². The van der Waals surface area contributed by atoms with Gasteiger partial charge in [0.05, 0.1) is 11.4 Å². The molecule has 1 aliphatic rings. The summed E-state index contributed by atoms with van der Waals surface area (Å²) in [4.78, 5) is 12.1. The Morgan fingerprint density at radius 3 is 3.00 bits per heavy atom. The minimum absolute atomic E-state index is 0.116. The van der Waals surface area contributed by atoms with Gasteiger partial charge in [-0.15, -0.1) is 0 Å². The maximum absolute atomic E-state index is 12.1. The Bertz CT molecular complexity index is 438. The maximum atomic E-state index is 12.1. The quantitative estimate of drug-likeness (QED) is 0.860. The first-order chi connectivity index (χ1) is 8.63. The van der Waals surface area contributed by atoms with Crippen LogP contribution in [0.3, 0.4) is 0 Å². The molecular formula is C12H20N4OS. The zero-order chi connectivity index (χ0) is 13.1. The molecule has 1 aromatic rings. The highest BCUT2D eigenvalue weighted by Crippen LogP contribution is 2.25. The van der Waals surface area contributed by atoms with Crippen LogP contribution in [-0.4, -0.2) is 33.2 Å². The number of anilines is 1. The topological polar surface area (TPSA) is 72.9 Å². The van der Waals surface area contributed by atoms with Gasteiger partial charge in [0.2, 0.25) is 0 Å². The summed E-state index contributed by atoms with van der Waals surface area (Å²) >= 11 is 1.93. The average Bonchev–Trinajstić information content (AvgIpc) is 2.94. The minimum Gasteiger partial charge on any atom is -0.395 e. The first-order valence-corrected chi connectivity index (χ1v) is 7.39. The first-order valence-electron chi connectivity index (χ1n) is 6.34. The van der Waals surface area contributed by atoms with E-state index in [1.807, 2.05) is 18.7 Å². The van der Waals surface area contributed by atoms with Crippen molar-refractivity contribution in [1.82, 2.24) is 15.1 Å². The van der Waals surface area contributed by atoms with Crippen molar-refractivity contribution in [2.45, 2.75) is 31.4 Å². The number of rotatable bonds is 4. The fourth-order valence-corrected chi connectivity index (χ4v) is 3.42. The highest BCUT2D eigenvalue weighted by atomic mass is 32.2. The molecule has 0 aromatic carbocycles. The highest BCUT2D eigenvalue weighted by molar-refractivity contribution is 8.00. The Morgan fingerprint density at radius 2 is 2.44 bits per heavy atom. The number of aryl methyl sites for hydroxylation is 2. The summed E-state index contributed by atoms with van der Waals surface area (Å²) in [5.74, 6) is 1.09. The first kappa shape index (κ1) is 13.3. The van der Waals surface area contributed by atoms with E-state index in [9.17, 15) is 4.79 Å². The predicted molar refractivity (Wildman–Crippen MR) is 74.8 cm³/mol. The molecule has 1 unspecified atom stereocenters. The molecule has 0 radical (unpaired) electrons. The zero-order valence-electron chi connectivity index (χ0n) is 10.9. The van der Waals surface area contributed by atoms with E-state index in [-0.39, 0.29) is 5.91 Å². The number of nitrogens with one attached hydrogen (secondary N) is 1. The number of hydrogen-bond donors (Lipinski definition) is 2. The van der Waals surface area contributed by atoms with Crippen molar-refractivity contribution in [2.75, 3.05) is 18.0 Å².